The van der Waals surface area contributed by atoms with Crippen molar-refractivity contribution in [1.29, 1.82) is 0 Å². The third-order valence-electron chi connectivity index (χ3n) is 1.24. The van der Waals surface area contributed by atoms with Gasteiger partial charge >= 0.3 is 0 Å². The second-order valence-electron chi connectivity index (χ2n) is 2.39. The van der Waals surface area contributed by atoms with Gasteiger partial charge in [-0.25, -0.2) is 27.0 Å². The summed E-state index contributed by atoms with van der Waals surface area (Å²) in [4.78, 5) is 3.47. The van der Waals surface area contributed by atoms with E-state index in [4.69, 9.17) is 0 Å². The molecule has 0 fully saturated rings. The van der Waals surface area contributed by atoms with E-state index in [1.165, 1.54) is 0 Å². The summed E-state index contributed by atoms with van der Waals surface area (Å²) in [6, 6.07) is 0. The molecule has 14 heavy (non-hydrogen) atoms. The normalized spacial score (nSPS) is 12.9. The minimum Gasteiger partial charge on any atom is -0.229 e. The molecule has 0 radical (unpaired) electrons. The maximum absolute atomic E-state index is 11.3. The number of nitrogens with zero attached hydrogens (tertiary/aromatic N) is 2. The topological polar surface area (TPSA) is 120 Å². The van der Waals surface area contributed by atoms with Gasteiger partial charge in [-0.05, 0) is 11.5 Å². The third-order valence-corrected chi connectivity index (χ3v) is 5.10. The van der Waals surface area contributed by atoms with Crippen molar-refractivity contribution in [3.05, 3.63) is 6.33 Å². The molecule has 7 nitrogen and oxygen atoms in total. The Bertz CT molecular complexity index is 488. The lowest BCUT2D eigenvalue weighted by atomic mass is 11.0. The fourth-order valence-corrected chi connectivity index (χ4v) is 3.91. The molecule has 1 rings (SSSR count). The molecule has 0 saturated heterocycles. The monoisotopic (exact) mass is 257 g/mol. The molecule has 1 aromatic rings. The molecular formula is C4H7N3O4S3. The maximum atomic E-state index is 11.3. The smallest absolute Gasteiger partial charge is 0.228 e. The van der Waals surface area contributed by atoms with Gasteiger partial charge in [0.15, 0.2) is 0 Å². The number of sulfonamides is 1. The van der Waals surface area contributed by atoms with Crippen LogP contribution in [0.4, 0.5) is 0 Å². The molecule has 10 heteroatoms. The van der Waals surface area contributed by atoms with Crippen LogP contribution < -0.4 is 5.14 Å². The van der Waals surface area contributed by atoms with Crippen molar-refractivity contribution in [3.63, 3.8) is 0 Å². The first-order chi connectivity index (χ1) is 6.31. The average Bonchev–Trinajstić information content (AvgIpc) is 2.52. The van der Waals surface area contributed by atoms with Gasteiger partial charge in [0.25, 0.3) is 0 Å². The number of hydrogen-bond donors (Lipinski definition) is 1. The first-order valence-corrected chi connectivity index (χ1v) is 7.45. The lowest BCUT2D eigenvalue weighted by molar-refractivity contribution is 0.588. The minimum atomic E-state index is -3.77. The van der Waals surface area contributed by atoms with Crippen molar-refractivity contribution in [1.82, 2.24) is 9.36 Å². The van der Waals surface area contributed by atoms with E-state index in [0.717, 1.165) is 6.33 Å². The molecule has 0 aromatic carbocycles. The zero-order chi connectivity index (χ0) is 10.8. The highest BCUT2D eigenvalue weighted by Gasteiger charge is 2.20. The van der Waals surface area contributed by atoms with Gasteiger partial charge in [0.2, 0.25) is 24.2 Å². The predicted molar refractivity (Wildman–Crippen MR) is 49.9 cm³/mol. The van der Waals surface area contributed by atoms with E-state index in [0.29, 0.717) is 11.5 Å². The molecule has 0 aliphatic rings. The van der Waals surface area contributed by atoms with E-state index in [1.807, 2.05) is 0 Å². The van der Waals surface area contributed by atoms with Gasteiger partial charge in [-0.1, -0.05) is 0 Å². The van der Waals surface area contributed by atoms with Gasteiger partial charge in [0.05, 0.1) is 11.5 Å². The summed E-state index contributed by atoms with van der Waals surface area (Å²) in [5.74, 6) is -1.18. The Morgan fingerprint density at radius 2 is 1.93 bits per heavy atom. The van der Waals surface area contributed by atoms with Crippen molar-refractivity contribution >= 4 is 31.4 Å². The van der Waals surface area contributed by atoms with Crippen molar-refractivity contribution in [2.24, 2.45) is 5.14 Å². The first kappa shape index (κ1) is 11.5. The molecule has 2 N–H and O–H groups in total. The number of primary sulfonamides is 1. The van der Waals surface area contributed by atoms with Crippen molar-refractivity contribution in [2.75, 3.05) is 11.5 Å². The highest BCUT2D eigenvalue weighted by atomic mass is 32.2. The van der Waals surface area contributed by atoms with Gasteiger partial charge < -0.3 is 0 Å². The Morgan fingerprint density at radius 3 is 2.36 bits per heavy atom. The summed E-state index contributed by atoms with van der Waals surface area (Å²) < 4.78 is 47.0. The molecule has 0 aliphatic carbocycles. The van der Waals surface area contributed by atoms with Crippen LogP contribution in [0.15, 0.2) is 10.7 Å². The second-order valence-corrected chi connectivity index (χ2v) is 7.19. The second kappa shape index (κ2) is 3.88. The predicted octanol–water partition coefficient (Wildman–Crippen LogP) is -1.40. The summed E-state index contributed by atoms with van der Waals surface area (Å²) in [6.07, 6.45) is 1.09. The van der Waals surface area contributed by atoms with E-state index in [9.17, 15) is 16.8 Å². The molecule has 0 bridgehead atoms. The number of aromatic nitrogens is 2. The Morgan fingerprint density at radius 1 is 1.29 bits per heavy atom. The van der Waals surface area contributed by atoms with Crippen LogP contribution >= 0.6 is 11.5 Å². The quantitative estimate of drug-likeness (QED) is 0.708. The summed E-state index contributed by atoms with van der Waals surface area (Å²) >= 11 is 0.696. The van der Waals surface area contributed by atoms with Gasteiger partial charge in [-0.15, -0.1) is 0 Å². The zero-order valence-corrected chi connectivity index (χ0v) is 9.27. The zero-order valence-electron chi connectivity index (χ0n) is 6.82. The fourth-order valence-electron chi connectivity index (χ4n) is 0.613. The molecule has 0 aliphatic heterocycles. The SMILES string of the molecule is NS(=O)(=O)CCS(=O)(=O)c1ncns1. The summed E-state index contributed by atoms with van der Waals surface area (Å²) in [5.41, 5.74) is 0. The number of rotatable bonds is 4. The van der Waals surface area contributed by atoms with Crippen molar-refractivity contribution in [2.45, 2.75) is 4.34 Å². The van der Waals surface area contributed by atoms with Crippen LogP contribution in [0.2, 0.25) is 0 Å². The van der Waals surface area contributed by atoms with Crippen molar-refractivity contribution < 1.29 is 16.8 Å². The highest BCUT2D eigenvalue weighted by molar-refractivity contribution is 7.95. The van der Waals surface area contributed by atoms with Crippen LogP contribution in [0.3, 0.4) is 0 Å². The van der Waals surface area contributed by atoms with Crippen molar-refractivity contribution in [3.8, 4) is 0 Å². The minimum absolute atomic E-state index is 0.193. The van der Waals surface area contributed by atoms with Crippen LogP contribution in [0.25, 0.3) is 0 Å². The summed E-state index contributed by atoms with van der Waals surface area (Å²) in [5, 5.41) is 4.67. The highest BCUT2D eigenvalue weighted by Crippen LogP contribution is 2.10. The van der Waals surface area contributed by atoms with Gasteiger partial charge in [0.1, 0.15) is 6.33 Å². The van der Waals surface area contributed by atoms with Gasteiger partial charge in [-0.2, -0.15) is 4.37 Å². The van der Waals surface area contributed by atoms with E-state index in [-0.39, 0.29) is 4.34 Å². The van der Waals surface area contributed by atoms with E-state index in [1.54, 1.807) is 0 Å². The third kappa shape index (κ3) is 3.29. The molecule has 0 spiro atoms. The summed E-state index contributed by atoms with van der Waals surface area (Å²) in [7, 11) is -7.44. The fraction of sp³-hybridized carbons (Fsp3) is 0.500. The molecule has 0 amide bonds. The molecule has 1 aromatic heterocycles. The van der Waals surface area contributed by atoms with E-state index < -0.39 is 31.4 Å². The van der Waals surface area contributed by atoms with Crippen LogP contribution in [0.5, 0.6) is 0 Å². The Kier molecular flexibility index (Phi) is 3.19. The Hall–Kier alpha value is -0.580. The first-order valence-electron chi connectivity index (χ1n) is 3.31. The van der Waals surface area contributed by atoms with Gasteiger partial charge in [0, 0.05) is 0 Å². The molecular weight excluding hydrogens is 250 g/mol. The van der Waals surface area contributed by atoms with E-state index >= 15 is 0 Å². The Balaban J connectivity index is 2.80. The number of hydrogen-bond acceptors (Lipinski definition) is 7. The lowest BCUT2D eigenvalue weighted by Crippen LogP contribution is -2.23. The molecule has 1 heterocycles. The molecule has 0 atom stereocenters. The Labute approximate surface area is 85.1 Å². The van der Waals surface area contributed by atoms with Gasteiger partial charge in [-0.3, -0.25) is 0 Å². The molecule has 0 saturated carbocycles. The largest absolute Gasteiger partial charge is 0.229 e. The molecule has 80 valence electrons. The standard InChI is InChI=1S/C4H7N3O4S3/c5-14(10,11)2-1-13(8,9)4-6-3-7-12-4/h3H,1-2H2,(H2,5,10,11). The summed E-state index contributed by atoms with van der Waals surface area (Å²) in [6.45, 7) is 0. The number of sulfone groups is 1. The average molecular weight is 257 g/mol. The van der Waals surface area contributed by atoms with Crippen LogP contribution in [-0.2, 0) is 19.9 Å². The lowest BCUT2D eigenvalue weighted by Gasteiger charge is -1.97. The van der Waals surface area contributed by atoms with Crippen LogP contribution in [-0.4, -0.2) is 37.7 Å². The van der Waals surface area contributed by atoms with Crippen LogP contribution in [0, 0.1) is 0 Å². The van der Waals surface area contributed by atoms with Crippen LogP contribution in [0.1, 0.15) is 0 Å². The number of nitrogens with two attached hydrogens (primary N) is 1. The molecule has 0 unspecified atom stereocenters. The van der Waals surface area contributed by atoms with E-state index in [2.05, 4.69) is 14.5 Å². The maximum Gasteiger partial charge on any atom is 0.228 e.